The Morgan fingerprint density at radius 3 is 2.03 bits per heavy atom. The van der Waals surface area contributed by atoms with Crippen molar-refractivity contribution in [1.29, 1.82) is 0 Å². The predicted molar refractivity (Wildman–Crippen MR) is 107 cm³/mol. The molecule has 0 aromatic heterocycles. The summed E-state index contributed by atoms with van der Waals surface area (Å²) in [5, 5.41) is 0.757. The molecule has 0 saturated heterocycles. The molecule has 3 amide bonds. The molecule has 3 aromatic carbocycles. The Bertz CT molecular complexity index is 1060. The maximum absolute atomic E-state index is 13.0. The van der Waals surface area contributed by atoms with Gasteiger partial charge in [0.25, 0.3) is 17.7 Å². The lowest BCUT2D eigenvalue weighted by Crippen LogP contribution is -2.31. The van der Waals surface area contributed by atoms with E-state index in [4.69, 9.17) is 4.84 Å². The maximum Gasteiger partial charge on any atom is 0.285 e. The minimum atomic E-state index is -0.504. The normalized spacial score (nSPS) is 12.8. The average molecular weight is 386 g/mol. The summed E-state index contributed by atoms with van der Waals surface area (Å²) in [6.07, 6.45) is 0. The van der Waals surface area contributed by atoms with E-state index < -0.39 is 11.8 Å². The number of benzene rings is 3. The van der Waals surface area contributed by atoms with Gasteiger partial charge in [0, 0.05) is 18.3 Å². The summed E-state index contributed by atoms with van der Waals surface area (Å²) >= 11 is 0. The van der Waals surface area contributed by atoms with Gasteiger partial charge in [0.2, 0.25) is 0 Å². The van der Waals surface area contributed by atoms with Gasteiger partial charge in [-0.15, -0.1) is 5.06 Å². The Kier molecular flexibility index (Phi) is 4.93. The summed E-state index contributed by atoms with van der Waals surface area (Å²) in [4.78, 5) is 45.0. The van der Waals surface area contributed by atoms with Gasteiger partial charge in [-0.3, -0.25) is 19.2 Å². The summed E-state index contributed by atoms with van der Waals surface area (Å²) < 4.78 is 0. The Morgan fingerprint density at radius 1 is 0.828 bits per heavy atom. The van der Waals surface area contributed by atoms with Gasteiger partial charge >= 0.3 is 0 Å². The molecule has 0 unspecified atom stereocenters. The van der Waals surface area contributed by atoms with Crippen LogP contribution < -0.4 is 4.90 Å². The number of hydrogen-bond acceptors (Lipinski definition) is 4. The number of amides is 3. The number of anilines is 1. The zero-order chi connectivity index (χ0) is 20.4. The fourth-order valence-corrected chi connectivity index (χ4v) is 3.22. The van der Waals surface area contributed by atoms with Crippen molar-refractivity contribution in [2.24, 2.45) is 0 Å². The monoisotopic (exact) mass is 386 g/mol. The van der Waals surface area contributed by atoms with Crippen molar-refractivity contribution in [2.75, 3.05) is 11.9 Å². The number of carbonyl (C=O) groups excluding carboxylic acids is 3. The van der Waals surface area contributed by atoms with E-state index in [0.717, 1.165) is 10.8 Å². The molecule has 0 fully saturated rings. The summed E-state index contributed by atoms with van der Waals surface area (Å²) in [5.41, 5.74) is 2.40. The molecule has 0 N–H and O–H groups in total. The maximum atomic E-state index is 13.0. The van der Waals surface area contributed by atoms with Crippen LogP contribution in [0.3, 0.4) is 0 Å². The molecule has 6 nitrogen and oxygen atoms in total. The van der Waals surface area contributed by atoms with Crippen molar-refractivity contribution in [3.05, 3.63) is 101 Å². The van der Waals surface area contributed by atoms with Crippen molar-refractivity contribution in [1.82, 2.24) is 5.06 Å². The van der Waals surface area contributed by atoms with E-state index in [2.05, 4.69) is 0 Å². The summed E-state index contributed by atoms with van der Waals surface area (Å²) in [7, 11) is 1.69. The fraction of sp³-hybridized carbons (Fsp3) is 0.0870. The molecular formula is C23H18N2O4. The van der Waals surface area contributed by atoms with E-state index in [1.54, 1.807) is 60.5 Å². The van der Waals surface area contributed by atoms with E-state index in [0.29, 0.717) is 22.3 Å². The third-order valence-corrected chi connectivity index (χ3v) is 4.80. The molecule has 144 valence electrons. The highest BCUT2D eigenvalue weighted by Gasteiger charge is 2.36. The smallest absolute Gasteiger partial charge is 0.285 e. The first-order chi connectivity index (χ1) is 14.1. The molecule has 0 saturated carbocycles. The van der Waals surface area contributed by atoms with Gasteiger partial charge in [0.15, 0.2) is 0 Å². The van der Waals surface area contributed by atoms with Crippen molar-refractivity contribution < 1.29 is 19.2 Å². The van der Waals surface area contributed by atoms with Gasteiger partial charge in [-0.2, -0.15) is 0 Å². The fourth-order valence-electron chi connectivity index (χ4n) is 3.22. The summed E-state index contributed by atoms with van der Waals surface area (Å²) in [6.45, 7) is -0.0873. The van der Waals surface area contributed by atoms with Crippen LogP contribution in [0.5, 0.6) is 0 Å². The lowest BCUT2D eigenvalue weighted by molar-refractivity contribution is -0.101. The molecule has 0 atom stereocenters. The van der Waals surface area contributed by atoms with E-state index >= 15 is 0 Å². The van der Waals surface area contributed by atoms with Crippen molar-refractivity contribution in [3.8, 4) is 0 Å². The van der Waals surface area contributed by atoms with E-state index in [-0.39, 0.29) is 12.5 Å². The van der Waals surface area contributed by atoms with Crippen LogP contribution in [0.15, 0.2) is 78.9 Å². The first-order valence-electron chi connectivity index (χ1n) is 9.09. The van der Waals surface area contributed by atoms with Crippen LogP contribution in [0.2, 0.25) is 0 Å². The second kappa shape index (κ2) is 7.69. The highest BCUT2D eigenvalue weighted by molar-refractivity contribution is 6.20. The molecule has 1 aliphatic heterocycles. The number of hydrogen-bond donors (Lipinski definition) is 0. The van der Waals surface area contributed by atoms with Crippen LogP contribution in [0.4, 0.5) is 5.69 Å². The molecule has 1 aliphatic rings. The molecule has 0 radical (unpaired) electrons. The quantitative estimate of drug-likeness (QED) is 0.627. The Morgan fingerprint density at radius 2 is 1.38 bits per heavy atom. The van der Waals surface area contributed by atoms with Crippen molar-refractivity contribution >= 4 is 23.4 Å². The minimum Gasteiger partial charge on any atom is -0.311 e. The standard InChI is InChI=1S/C23H18N2O4/c1-24(17-10-3-2-4-11-17)21(26)18-12-6-5-9-16(18)15-29-25-22(27)19-13-7-8-14-20(19)23(25)28/h2-14H,15H2,1H3. The zero-order valence-corrected chi connectivity index (χ0v) is 15.7. The minimum absolute atomic E-state index is 0.0873. The summed E-state index contributed by atoms with van der Waals surface area (Å²) in [5.74, 6) is -1.22. The van der Waals surface area contributed by atoms with Crippen LogP contribution in [0.25, 0.3) is 0 Å². The van der Waals surface area contributed by atoms with Crippen LogP contribution in [-0.4, -0.2) is 29.8 Å². The molecule has 1 heterocycles. The van der Waals surface area contributed by atoms with Crippen LogP contribution in [0.1, 0.15) is 36.6 Å². The SMILES string of the molecule is CN(C(=O)c1ccccc1CON1C(=O)c2ccccc2C1=O)c1ccccc1. The first-order valence-corrected chi connectivity index (χ1v) is 9.09. The Hall–Kier alpha value is -3.77. The van der Waals surface area contributed by atoms with E-state index in [9.17, 15) is 14.4 Å². The zero-order valence-electron chi connectivity index (χ0n) is 15.7. The number of rotatable bonds is 5. The molecular weight excluding hydrogens is 368 g/mol. The van der Waals surface area contributed by atoms with Gasteiger partial charge in [-0.25, -0.2) is 0 Å². The average Bonchev–Trinajstić information content (AvgIpc) is 3.02. The molecule has 4 rings (SSSR count). The largest absolute Gasteiger partial charge is 0.311 e. The van der Waals surface area contributed by atoms with Gasteiger partial charge in [0.05, 0.1) is 11.1 Å². The molecule has 0 spiro atoms. The lowest BCUT2D eigenvalue weighted by atomic mass is 10.1. The van der Waals surface area contributed by atoms with Gasteiger partial charge in [-0.05, 0) is 35.9 Å². The molecule has 0 aliphatic carbocycles. The number of imide groups is 1. The summed E-state index contributed by atoms with van der Waals surface area (Å²) in [6, 6.07) is 22.8. The third-order valence-electron chi connectivity index (χ3n) is 4.80. The number of carbonyl (C=O) groups is 3. The number of fused-ring (bicyclic) bond motifs is 1. The Labute approximate surface area is 167 Å². The van der Waals surface area contributed by atoms with Gasteiger partial charge < -0.3 is 4.90 Å². The second-order valence-corrected chi connectivity index (χ2v) is 6.58. The predicted octanol–water partition coefficient (Wildman–Crippen LogP) is 3.69. The van der Waals surface area contributed by atoms with Gasteiger partial charge in [0.1, 0.15) is 6.61 Å². The van der Waals surface area contributed by atoms with E-state index in [1.165, 1.54) is 0 Å². The number of hydroxylamine groups is 2. The highest BCUT2D eigenvalue weighted by atomic mass is 16.7. The Balaban J connectivity index is 1.53. The number of para-hydroxylation sites is 1. The van der Waals surface area contributed by atoms with Crippen LogP contribution >= 0.6 is 0 Å². The molecule has 29 heavy (non-hydrogen) atoms. The lowest BCUT2D eigenvalue weighted by Gasteiger charge is -2.20. The topological polar surface area (TPSA) is 66.9 Å². The number of nitrogens with zero attached hydrogens (tertiary/aromatic N) is 2. The van der Waals surface area contributed by atoms with Crippen molar-refractivity contribution in [3.63, 3.8) is 0 Å². The molecule has 0 bridgehead atoms. The van der Waals surface area contributed by atoms with E-state index in [1.807, 2.05) is 30.3 Å². The molecule has 6 heteroatoms. The van der Waals surface area contributed by atoms with Crippen molar-refractivity contribution in [2.45, 2.75) is 6.61 Å². The first kappa shape index (κ1) is 18.6. The molecule has 3 aromatic rings. The van der Waals surface area contributed by atoms with Gasteiger partial charge in [-0.1, -0.05) is 48.5 Å². The second-order valence-electron chi connectivity index (χ2n) is 6.58. The van der Waals surface area contributed by atoms with Crippen LogP contribution in [0, 0.1) is 0 Å². The van der Waals surface area contributed by atoms with Crippen LogP contribution in [-0.2, 0) is 11.4 Å². The highest BCUT2D eigenvalue weighted by Crippen LogP contribution is 2.24. The third kappa shape index (κ3) is 3.41.